The summed E-state index contributed by atoms with van der Waals surface area (Å²) in [6.45, 7) is 18.7. The number of hydrogen-bond acceptors (Lipinski definition) is 2. The van der Waals surface area contributed by atoms with Gasteiger partial charge in [0.25, 0.3) is 0 Å². The largest absolute Gasteiger partial charge is 0.424 e. The molecule has 0 unspecified atom stereocenters. The molecule has 3 nitrogen and oxygen atoms in total. The maximum atomic E-state index is 14.3. The van der Waals surface area contributed by atoms with Crippen molar-refractivity contribution in [2.45, 2.75) is 73.6 Å². The number of benzene rings is 5. The number of fused-ring (bicyclic) bond motifs is 9. The van der Waals surface area contributed by atoms with E-state index in [0.29, 0.717) is 17.4 Å². The van der Waals surface area contributed by atoms with Gasteiger partial charge < -0.3 is 4.42 Å². The fourth-order valence-electron chi connectivity index (χ4n) is 10.8. The van der Waals surface area contributed by atoms with Crippen molar-refractivity contribution >= 4 is 66.8 Å². The van der Waals surface area contributed by atoms with Crippen molar-refractivity contribution in [2.24, 2.45) is 10.8 Å². The van der Waals surface area contributed by atoms with Crippen molar-refractivity contribution in [1.29, 1.82) is 0 Å². The molecular weight excluding hydrogens is 585 g/mol. The quantitative estimate of drug-likeness (QED) is 0.183. The molecule has 48 heavy (non-hydrogen) atoms. The van der Waals surface area contributed by atoms with E-state index in [1.807, 2.05) is 10.6 Å². The highest BCUT2D eigenvalue weighted by molar-refractivity contribution is 6.98. The van der Waals surface area contributed by atoms with E-state index in [0.717, 1.165) is 23.0 Å². The lowest BCUT2D eigenvalue weighted by Gasteiger charge is -2.32. The van der Waals surface area contributed by atoms with Gasteiger partial charge in [-0.2, -0.15) is 0 Å². The van der Waals surface area contributed by atoms with Gasteiger partial charge in [-0.15, -0.1) is 0 Å². The highest BCUT2D eigenvalue weighted by atomic mass is 16.4. The molecule has 1 aliphatic carbocycles. The third-order valence-electron chi connectivity index (χ3n) is 12.1. The average Bonchev–Trinajstić information content (AvgIpc) is 3.62. The fourth-order valence-corrected chi connectivity index (χ4v) is 10.8. The van der Waals surface area contributed by atoms with E-state index in [1.54, 1.807) is 0 Å². The Bertz CT molecular complexity index is 2650. The standard InChI is InChI=1S/C44H40BNO2/c1-22(2)25-14-11-15-26(23(3)4)33(25)24-16-18-31-30(20-24)36-34-28-13-10-9-12-27(28)29-17-19-32-37(35(29)34)39-38(36)45(31)40-41(46(39)42(47)48-32)44(7,8)21-43(40,5)6/h9-20,22-23H,21H2,1-8H3. The molecule has 0 bridgehead atoms. The van der Waals surface area contributed by atoms with Gasteiger partial charge in [-0.05, 0) is 102 Å². The molecule has 0 spiro atoms. The van der Waals surface area contributed by atoms with Crippen molar-refractivity contribution in [3.8, 4) is 22.3 Å². The van der Waals surface area contributed by atoms with Gasteiger partial charge in [-0.3, -0.25) is 0 Å². The molecule has 0 N–H and O–H groups in total. The second-order valence-corrected chi connectivity index (χ2v) is 16.7. The van der Waals surface area contributed by atoms with Crippen LogP contribution in [0.2, 0.25) is 0 Å². The van der Waals surface area contributed by atoms with E-state index in [4.69, 9.17) is 4.42 Å². The summed E-state index contributed by atoms with van der Waals surface area (Å²) in [7, 11) is 0. The second-order valence-electron chi connectivity index (χ2n) is 16.7. The smallest absolute Gasteiger partial charge is 0.409 e. The summed E-state index contributed by atoms with van der Waals surface area (Å²) < 4.78 is 8.29. The molecule has 236 valence electrons. The Morgan fingerprint density at radius 3 is 2.12 bits per heavy atom. The van der Waals surface area contributed by atoms with E-state index in [9.17, 15) is 4.79 Å². The predicted molar refractivity (Wildman–Crippen MR) is 204 cm³/mol. The number of aromatic nitrogens is 1. The number of hydrogen-bond donors (Lipinski definition) is 0. The summed E-state index contributed by atoms with van der Waals surface area (Å²) in [6, 6.07) is 27.3. The maximum Gasteiger partial charge on any atom is 0.424 e. The number of allylic oxidation sites excluding steroid dienone is 2. The Kier molecular flexibility index (Phi) is 5.28. The third-order valence-corrected chi connectivity index (χ3v) is 12.1. The first-order chi connectivity index (χ1) is 22.9. The lowest BCUT2D eigenvalue weighted by molar-refractivity contribution is 0.330. The predicted octanol–water partition coefficient (Wildman–Crippen LogP) is 10.2. The molecule has 0 fully saturated rings. The topological polar surface area (TPSA) is 35.1 Å². The SMILES string of the molecule is CC(C)c1cccc(C(C)C)c1-c1ccc2c(c1)-c1c3c4c5c(ccc6c7ccccc7c1c65)oc(=O)n4C1=C(B23)C(C)(C)CC1(C)C. The summed E-state index contributed by atoms with van der Waals surface area (Å²) in [5, 5.41) is 7.39. The summed E-state index contributed by atoms with van der Waals surface area (Å²) >= 11 is 0. The van der Waals surface area contributed by atoms with Gasteiger partial charge in [0, 0.05) is 21.9 Å². The summed E-state index contributed by atoms with van der Waals surface area (Å²) in [5.74, 6) is 0.535. The minimum absolute atomic E-state index is 0.0859. The van der Waals surface area contributed by atoms with Crippen LogP contribution in [0, 0.1) is 10.8 Å². The zero-order valence-electron chi connectivity index (χ0n) is 29.1. The third kappa shape index (κ3) is 3.25. The van der Waals surface area contributed by atoms with E-state index in [1.165, 1.54) is 76.7 Å². The van der Waals surface area contributed by atoms with E-state index in [-0.39, 0.29) is 23.3 Å². The van der Waals surface area contributed by atoms with Crippen LogP contribution in [0.1, 0.15) is 84.8 Å². The van der Waals surface area contributed by atoms with E-state index in [2.05, 4.69) is 122 Å². The van der Waals surface area contributed by atoms with Crippen molar-refractivity contribution in [3.63, 3.8) is 0 Å². The van der Waals surface area contributed by atoms with Crippen LogP contribution in [0.4, 0.5) is 0 Å². The summed E-state index contributed by atoms with van der Waals surface area (Å²) in [6.07, 6.45) is 0.979. The molecule has 0 amide bonds. The lowest BCUT2D eigenvalue weighted by atomic mass is 9.34. The van der Waals surface area contributed by atoms with Crippen LogP contribution in [0.3, 0.4) is 0 Å². The van der Waals surface area contributed by atoms with Gasteiger partial charge in [-0.25, -0.2) is 9.36 Å². The van der Waals surface area contributed by atoms with E-state index < -0.39 is 0 Å². The highest BCUT2D eigenvalue weighted by Crippen LogP contribution is 2.59. The minimum Gasteiger partial charge on any atom is -0.409 e. The fraction of sp³-hybridized carbons (Fsp3) is 0.295. The minimum atomic E-state index is -0.274. The van der Waals surface area contributed by atoms with Gasteiger partial charge in [0.15, 0.2) is 0 Å². The van der Waals surface area contributed by atoms with Crippen molar-refractivity contribution in [1.82, 2.24) is 4.57 Å². The Labute approximate surface area is 281 Å². The molecule has 0 saturated carbocycles. The van der Waals surface area contributed by atoms with Gasteiger partial charge in [-0.1, -0.05) is 121 Å². The van der Waals surface area contributed by atoms with Gasteiger partial charge in [0.1, 0.15) is 5.58 Å². The summed E-state index contributed by atoms with van der Waals surface area (Å²) in [4.78, 5) is 14.3. The zero-order valence-corrected chi connectivity index (χ0v) is 29.1. The number of nitrogens with zero attached hydrogens (tertiary/aromatic N) is 1. The molecule has 0 atom stereocenters. The molecule has 3 heterocycles. The molecule has 0 saturated heterocycles. The second kappa shape index (κ2) is 8.91. The zero-order chi connectivity index (χ0) is 33.2. The summed E-state index contributed by atoms with van der Waals surface area (Å²) in [5.41, 5.74) is 14.7. The van der Waals surface area contributed by atoms with Crippen molar-refractivity contribution in [3.05, 3.63) is 99.9 Å². The van der Waals surface area contributed by atoms with Crippen molar-refractivity contribution < 1.29 is 4.42 Å². The first-order valence-electron chi connectivity index (χ1n) is 17.7. The maximum absolute atomic E-state index is 14.3. The van der Waals surface area contributed by atoms with Crippen molar-refractivity contribution in [2.75, 3.05) is 0 Å². The molecule has 6 aromatic carbocycles. The van der Waals surface area contributed by atoms with Crippen LogP contribution in [-0.2, 0) is 0 Å². The molecule has 3 aliphatic rings. The first kappa shape index (κ1) is 28.4. The van der Waals surface area contributed by atoms with Crippen LogP contribution >= 0.6 is 0 Å². The Morgan fingerprint density at radius 1 is 0.729 bits per heavy atom. The molecule has 1 aromatic heterocycles. The van der Waals surface area contributed by atoms with Gasteiger partial charge >= 0.3 is 5.76 Å². The molecule has 4 heteroatoms. The van der Waals surface area contributed by atoms with Crippen LogP contribution in [0.15, 0.2) is 87.5 Å². The first-order valence-corrected chi connectivity index (χ1v) is 17.7. The Morgan fingerprint density at radius 2 is 1.42 bits per heavy atom. The van der Waals surface area contributed by atoms with Gasteiger partial charge in [0.05, 0.1) is 5.52 Å². The monoisotopic (exact) mass is 625 g/mol. The van der Waals surface area contributed by atoms with Crippen LogP contribution in [-0.4, -0.2) is 11.3 Å². The average molecular weight is 626 g/mol. The van der Waals surface area contributed by atoms with Gasteiger partial charge in [0.2, 0.25) is 6.71 Å². The van der Waals surface area contributed by atoms with Crippen LogP contribution in [0.25, 0.3) is 71.4 Å². The molecule has 10 rings (SSSR count). The Balaban J connectivity index is 1.45. The Hall–Kier alpha value is -4.57. The molecular formula is C44H40BNO2. The lowest BCUT2D eigenvalue weighted by Crippen LogP contribution is -2.48. The highest BCUT2D eigenvalue weighted by Gasteiger charge is 2.55. The normalized spacial score (nSPS) is 17.3. The molecule has 2 aliphatic heterocycles. The molecule has 7 aromatic rings. The van der Waals surface area contributed by atoms with E-state index >= 15 is 0 Å². The van der Waals surface area contributed by atoms with Crippen LogP contribution in [0.5, 0.6) is 0 Å². The number of rotatable bonds is 3. The van der Waals surface area contributed by atoms with Crippen LogP contribution < -0.4 is 16.7 Å². The molecule has 0 radical (unpaired) electrons.